The Hall–Kier alpha value is -1.97. The molecule has 1 aromatic rings. The molecule has 0 aliphatic rings. The maximum absolute atomic E-state index is 11.7. The molecule has 0 bridgehead atoms. The van der Waals surface area contributed by atoms with E-state index < -0.39 is 11.8 Å². The Morgan fingerprint density at radius 1 is 1.06 bits per heavy atom. The molecule has 0 N–H and O–H groups in total. The highest BCUT2D eigenvalue weighted by Gasteiger charge is 2.21. The van der Waals surface area contributed by atoms with E-state index in [0.29, 0.717) is 17.7 Å². The average Bonchev–Trinajstić information content (AvgIpc) is 2.28. The normalized spacial score (nSPS) is 9.82. The molecular formula is C13H15NO3. The van der Waals surface area contributed by atoms with E-state index in [2.05, 4.69) is 0 Å². The first-order valence-corrected chi connectivity index (χ1v) is 5.42. The monoisotopic (exact) mass is 233 g/mol. The Labute approximate surface area is 100 Å². The van der Waals surface area contributed by atoms with Gasteiger partial charge in [0.05, 0.1) is 5.69 Å². The summed E-state index contributed by atoms with van der Waals surface area (Å²) in [6, 6.07) is 6.64. The van der Waals surface area contributed by atoms with Crippen molar-refractivity contribution in [2.24, 2.45) is 0 Å². The van der Waals surface area contributed by atoms with E-state index in [4.69, 9.17) is 0 Å². The largest absolute Gasteiger partial charge is 0.294 e. The quantitative estimate of drug-likeness (QED) is 0.752. The summed E-state index contributed by atoms with van der Waals surface area (Å²) in [5.41, 5.74) is 0.764. The molecule has 0 spiro atoms. The van der Waals surface area contributed by atoms with Crippen molar-refractivity contribution in [3.8, 4) is 0 Å². The molecule has 0 heterocycles. The molecule has 4 heteroatoms. The Kier molecular flexibility index (Phi) is 4.15. The van der Waals surface area contributed by atoms with Crippen molar-refractivity contribution in [2.45, 2.75) is 27.2 Å². The van der Waals surface area contributed by atoms with Crippen LogP contribution in [-0.2, 0) is 9.59 Å². The van der Waals surface area contributed by atoms with Gasteiger partial charge in [0.15, 0.2) is 5.78 Å². The Bertz CT molecular complexity index is 451. The van der Waals surface area contributed by atoms with Crippen molar-refractivity contribution < 1.29 is 14.4 Å². The number of benzene rings is 1. The Morgan fingerprint density at radius 2 is 1.59 bits per heavy atom. The number of carbonyl (C=O) groups is 3. The van der Waals surface area contributed by atoms with Crippen LogP contribution in [0.3, 0.4) is 0 Å². The minimum absolute atomic E-state index is 0.0897. The van der Waals surface area contributed by atoms with E-state index in [1.165, 1.54) is 13.8 Å². The average molecular weight is 233 g/mol. The molecule has 0 radical (unpaired) electrons. The van der Waals surface area contributed by atoms with Crippen LogP contribution in [-0.4, -0.2) is 17.6 Å². The van der Waals surface area contributed by atoms with Gasteiger partial charge >= 0.3 is 0 Å². The fraction of sp³-hybridized carbons (Fsp3) is 0.308. The van der Waals surface area contributed by atoms with Gasteiger partial charge in [0, 0.05) is 25.8 Å². The van der Waals surface area contributed by atoms with Crippen LogP contribution in [0.1, 0.15) is 37.6 Å². The number of rotatable bonds is 3. The van der Waals surface area contributed by atoms with Gasteiger partial charge in [0.2, 0.25) is 11.8 Å². The zero-order valence-corrected chi connectivity index (χ0v) is 10.2. The summed E-state index contributed by atoms with van der Waals surface area (Å²) in [4.78, 5) is 35.6. The van der Waals surface area contributed by atoms with E-state index in [0.717, 1.165) is 4.90 Å². The van der Waals surface area contributed by atoms with Crippen molar-refractivity contribution >= 4 is 23.3 Å². The number of ketones is 1. The highest BCUT2D eigenvalue weighted by Crippen LogP contribution is 2.22. The second kappa shape index (κ2) is 5.39. The summed E-state index contributed by atoms with van der Waals surface area (Å²) in [5.74, 6) is -0.879. The molecule has 0 aliphatic heterocycles. The molecule has 90 valence electrons. The lowest BCUT2D eigenvalue weighted by Crippen LogP contribution is -2.34. The van der Waals surface area contributed by atoms with Crippen molar-refractivity contribution in [3.05, 3.63) is 29.8 Å². The van der Waals surface area contributed by atoms with Crippen LogP contribution in [0.5, 0.6) is 0 Å². The zero-order chi connectivity index (χ0) is 13.0. The molecule has 4 nitrogen and oxygen atoms in total. The van der Waals surface area contributed by atoms with Gasteiger partial charge in [-0.1, -0.05) is 19.1 Å². The topological polar surface area (TPSA) is 54.5 Å². The molecular weight excluding hydrogens is 218 g/mol. The minimum atomic E-state index is -0.395. The van der Waals surface area contributed by atoms with Gasteiger partial charge in [0.25, 0.3) is 0 Å². The minimum Gasteiger partial charge on any atom is -0.294 e. The number of anilines is 1. The fourth-order valence-corrected chi connectivity index (χ4v) is 1.66. The molecule has 2 amide bonds. The number of Topliss-reactive ketones (excluding diaryl/α,β-unsaturated/α-hetero) is 1. The number of carbonyl (C=O) groups excluding carboxylic acids is 3. The lowest BCUT2D eigenvalue weighted by molar-refractivity contribution is -0.124. The molecule has 1 rings (SSSR count). The van der Waals surface area contributed by atoms with Crippen LogP contribution < -0.4 is 4.90 Å². The van der Waals surface area contributed by atoms with Gasteiger partial charge in [-0.25, -0.2) is 0 Å². The third-order valence-electron chi connectivity index (χ3n) is 2.40. The number of amides is 2. The zero-order valence-electron chi connectivity index (χ0n) is 10.2. The van der Waals surface area contributed by atoms with E-state index in [1.807, 2.05) is 0 Å². The SMILES string of the molecule is CCC(=O)c1ccccc1N(C(C)=O)C(C)=O. The summed E-state index contributed by atoms with van der Waals surface area (Å²) in [5, 5.41) is 0. The highest BCUT2D eigenvalue weighted by molar-refractivity contribution is 6.17. The molecule has 0 fully saturated rings. The molecule has 0 saturated carbocycles. The van der Waals surface area contributed by atoms with Crippen molar-refractivity contribution in [1.29, 1.82) is 0 Å². The molecule has 1 aromatic carbocycles. The van der Waals surface area contributed by atoms with E-state index in [9.17, 15) is 14.4 Å². The lowest BCUT2D eigenvalue weighted by atomic mass is 10.1. The van der Waals surface area contributed by atoms with Gasteiger partial charge in [-0.2, -0.15) is 0 Å². The Morgan fingerprint density at radius 3 is 2.06 bits per heavy atom. The standard InChI is InChI=1S/C13H15NO3/c1-4-13(17)11-7-5-6-8-12(11)14(9(2)15)10(3)16/h5-8H,4H2,1-3H3. The smallest absolute Gasteiger partial charge is 0.230 e. The van der Waals surface area contributed by atoms with Crippen LogP contribution in [0, 0.1) is 0 Å². The molecule has 0 unspecified atom stereocenters. The molecule has 0 atom stereocenters. The Balaban J connectivity index is 3.33. The summed E-state index contributed by atoms with van der Waals surface area (Å²) < 4.78 is 0. The van der Waals surface area contributed by atoms with Gasteiger partial charge in [0.1, 0.15) is 0 Å². The van der Waals surface area contributed by atoms with Crippen LogP contribution >= 0.6 is 0 Å². The van der Waals surface area contributed by atoms with Crippen molar-refractivity contribution in [3.63, 3.8) is 0 Å². The maximum Gasteiger partial charge on any atom is 0.230 e. The predicted molar refractivity (Wildman–Crippen MR) is 64.9 cm³/mol. The summed E-state index contributed by atoms with van der Waals surface area (Å²) >= 11 is 0. The van der Waals surface area contributed by atoms with E-state index in [-0.39, 0.29) is 5.78 Å². The number of imide groups is 1. The number of nitrogens with zero attached hydrogens (tertiary/aromatic N) is 1. The van der Waals surface area contributed by atoms with Gasteiger partial charge in [-0.05, 0) is 12.1 Å². The van der Waals surface area contributed by atoms with Crippen molar-refractivity contribution in [2.75, 3.05) is 4.90 Å². The number of hydrogen-bond donors (Lipinski definition) is 0. The van der Waals surface area contributed by atoms with Gasteiger partial charge in [-0.15, -0.1) is 0 Å². The maximum atomic E-state index is 11.7. The molecule has 0 saturated heterocycles. The van der Waals surface area contributed by atoms with Crippen LogP contribution in [0.4, 0.5) is 5.69 Å². The van der Waals surface area contributed by atoms with Crippen LogP contribution in [0.15, 0.2) is 24.3 Å². The predicted octanol–water partition coefficient (Wildman–Crippen LogP) is 2.18. The molecule has 17 heavy (non-hydrogen) atoms. The summed E-state index contributed by atoms with van der Waals surface area (Å²) in [6.45, 7) is 4.34. The third-order valence-corrected chi connectivity index (χ3v) is 2.40. The van der Waals surface area contributed by atoms with E-state index in [1.54, 1.807) is 31.2 Å². The highest BCUT2D eigenvalue weighted by atomic mass is 16.2. The second-order valence-corrected chi connectivity index (χ2v) is 3.67. The van der Waals surface area contributed by atoms with Crippen LogP contribution in [0.2, 0.25) is 0 Å². The number of para-hydroxylation sites is 1. The molecule has 0 aromatic heterocycles. The van der Waals surface area contributed by atoms with Crippen LogP contribution in [0.25, 0.3) is 0 Å². The number of hydrogen-bond acceptors (Lipinski definition) is 3. The summed E-state index contributed by atoms with van der Waals surface area (Å²) in [6.07, 6.45) is 0.334. The molecule has 0 aliphatic carbocycles. The van der Waals surface area contributed by atoms with Gasteiger partial charge < -0.3 is 0 Å². The van der Waals surface area contributed by atoms with E-state index >= 15 is 0 Å². The van der Waals surface area contributed by atoms with Crippen molar-refractivity contribution in [1.82, 2.24) is 0 Å². The van der Waals surface area contributed by atoms with Gasteiger partial charge in [-0.3, -0.25) is 19.3 Å². The first-order valence-electron chi connectivity index (χ1n) is 5.42. The summed E-state index contributed by atoms with van der Waals surface area (Å²) in [7, 11) is 0. The first-order chi connectivity index (χ1) is 7.99. The fourth-order valence-electron chi connectivity index (χ4n) is 1.66. The third kappa shape index (κ3) is 2.78. The lowest BCUT2D eigenvalue weighted by Gasteiger charge is -2.19. The second-order valence-electron chi connectivity index (χ2n) is 3.67. The first kappa shape index (κ1) is 13.1.